The molecule has 1 heterocycles. The Hall–Kier alpha value is -1.22. The monoisotopic (exact) mass is 234 g/mol. The Morgan fingerprint density at radius 2 is 2.12 bits per heavy atom. The summed E-state index contributed by atoms with van der Waals surface area (Å²) in [7, 11) is 0. The third kappa shape index (κ3) is 3.63. The minimum Gasteiger partial charge on any atom is -0.494 e. The minimum absolute atomic E-state index is 0.756. The van der Waals surface area contributed by atoms with E-state index in [1.54, 1.807) is 0 Å². The minimum atomic E-state index is 0.756. The van der Waals surface area contributed by atoms with Gasteiger partial charge in [0.2, 0.25) is 0 Å². The average molecular weight is 234 g/mol. The molecule has 0 radical (unpaired) electrons. The quantitative estimate of drug-likeness (QED) is 0.628. The Morgan fingerprint density at radius 3 is 2.76 bits per heavy atom. The summed E-state index contributed by atoms with van der Waals surface area (Å²) in [6.07, 6.45) is 3.79. The van der Waals surface area contributed by atoms with Gasteiger partial charge in [0.05, 0.1) is 6.61 Å². The van der Waals surface area contributed by atoms with Crippen molar-refractivity contribution in [2.45, 2.75) is 32.2 Å². The second kappa shape index (κ2) is 5.92. The fourth-order valence-electron chi connectivity index (χ4n) is 2.35. The summed E-state index contributed by atoms with van der Waals surface area (Å²) in [6.45, 7) is 5.50. The highest BCUT2D eigenvalue weighted by molar-refractivity contribution is 5.41. The molecule has 1 aromatic carbocycles. The Kier molecular flexibility index (Phi) is 4.26. The number of nitrogen functional groups attached to an aromatic ring is 1. The van der Waals surface area contributed by atoms with E-state index in [1.165, 1.54) is 19.4 Å². The predicted molar refractivity (Wildman–Crippen MR) is 71.2 cm³/mol. The fraction of sp³-hybridized carbons (Fsp3) is 0.571. The summed E-state index contributed by atoms with van der Waals surface area (Å²) in [5.74, 6) is 0.911. The Morgan fingerprint density at radius 1 is 1.35 bits per heavy atom. The van der Waals surface area contributed by atoms with Crippen molar-refractivity contribution in [2.75, 3.05) is 25.4 Å². The van der Waals surface area contributed by atoms with Crippen LogP contribution in [0.1, 0.15) is 26.2 Å². The van der Waals surface area contributed by atoms with E-state index in [9.17, 15) is 0 Å². The first-order valence-corrected chi connectivity index (χ1v) is 6.48. The lowest BCUT2D eigenvalue weighted by atomic mass is 10.2. The Bertz CT molecular complexity index is 337. The van der Waals surface area contributed by atoms with Crippen LogP contribution in [-0.2, 0) is 0 Å². The van der Waals surface area contributed by atoms with Crippen molar-refractivity contribution in [3.05, 3.63) is 24.3 Å². The topological polar surface area (TPSA) is 38.5 Å². The van der Waals surface area contributed by atoms with Crippen molar-refractivity contribution in [1.29, 1.82) is 0 Å². The van der Waals surface area contributed by atoms with Gasteiger partial charge >= 0.3 is 0 Å². The van der Waals surface area contributed by atoms with Crippen LogP contribution < -0.4 is 10.5 Å². The van der Waals surface area contributed by atoms with E-state index >= 15 is 0 Å². The maximum atomic E-state index is 5.67. The number of nitrogens with zero attached hydrogens (tertiary/aromatic N) is 1. The average Bonchev–Trinajstić information content (AvgIpc) is 2.73. The van der Waals surface area contributed by atoms with Crippen LogP contribution in [0.2, 0.25) is 0 Å². The Labute approximate surface area is 104 Å². The van der Waals surface area contributed by atoms with Crippen LogP contribution in [0, 0.1) is 0 Å². The van der Waals surface area contributed by atoms with Gasteiger partial charge in [-0.2, -0.15) is 0 Å². The molecule has 1 saturated heterocycles. The highest BCUT2D eigenvalue weighted by atomic mass is 16.5. The fourth-order valence-corrected chi connectivity index (χ4v) is 2.35. The lowest BCUT2D eigenvalue weighted by Crippen LogP contribution is -2.28. The van der Waals surface area contributed by atoms with Gasteiger partial charge < -0.3 is 15.4 Å². The second-order valence-corrected chi connectivity index (χ2v) is 4.80. The highest BCUT2D eigenvalue weighted by Crippen LogP contribution is 2.17. The molecule has 94 valence electrons. The van der Waals surface area contributed by atoms with Crippen LogP contribution in [0.15, 0.2) is 24.3 Å². The number of nitrogens with two attached hydrogens (primary N) is 1. The zero-order chi connectivity index (χ0) is 12.1. The molecule has 0 bridgehead atoms. The largest absolute Gasteiger partial charge is 0.494 e. The van der Waals surface area contributed by atoms with Gasteiger partial charge in [0.25, 0.3) is 0 Å². The maximum absolute atomic E-state index is 5.67. The summed E-state index contributed by atoms with van der Waals surface area (Å²) in [4.78, 5) is 2.55. The lowest BCUT2D eigenvalue weighted by Gasteiger charge is -2.20. The van der Waals surface area contributed by atoms with Crippen LogP contribution >= 0.6 is 0 Å². The van der Waals surface area contributed by atoms with E-state index in [-0.39, 0.29) is 0 Å². The molecule has 3 nitrogen and oxygen atoms in total. The molecule has 2 rings (SSSR count). The van der Waals surface area contributed by atoms with Crippen LogP contribution in [0.5, 0.6) is 5.75 Å². The first-order valence-electron chi connectivity index (χ1n) is 6.48. The lowest BCUT2D eigenvalue weighted by molar-refractivity contribution is 0.230. The molecule has 1 aliphatic heterocycles. The van der Waals surface area contributed by atoms with Crippen molar-refractivity contribution in [3.8, 4) is 5.75 Å². The van der Waals surface area contributed by atoms with Crippen LogP contribution in [-0.4, -0.2) is 30.6 Å². The molecule has 17 heavy (non-hydrogen) atoms. The molecular formula is C14H22N2O. The molecule has 0 aliphatic carbocycles. The summed E-state index contributed by atoms with van der Waals surface area (Å²) >= 11 is 0. The molecule has 0 spiro atoms. The zero-order valence-electron chi connectivity index (χ0n) is 10.6. The summed E-state index contributed by atoms with van der Waals surface area (Å²) in [6, 6.07) is 8.35. The molecule has 1 aromatic rings. The van der Waals surface area contributed by atoms with Gasteiger partial charge in [-0.15, -0.1) is 0 Å². The van der Waals surface area contributed by atoms with Gasteiger partial charge in [0, 0.05) is 18.3 Å². The van der Waals surface area contributed by atoms with Crippen molar-refractivity contribution in [3.63, 3.8) is 0 Å². The molecular weight excluding hydrogens is 212 g/mol. The first kappa shape index (κ1) is 12.2. The third-order valence-electron chi connectivity index (χ3n) is 3.43. The normalized spacial score (nSPS) is 20.6. The van der Waals surface area contributed by atoms with Crippen molar-refractivity contribution in [2.24, 2.45) is 0 Å². The summed E-state index contributed by atoms with van der Waals surface area (Å²) in [5.41, 5.74) is 6.40. The number of likely N-dealkylation sites (tertiary alicyclic amines) is 1. The van der Waals surface area contributed by atoms with E-state index in [4.69, 9.17) is 10.5 Å². The van der Waals surface area contributed by atoms with Gasteiger partial charge in [0.1, 0.15) is 5.75 Å². The molecule has 0 saturated carbocycles. The van der Waals surface area contributed by atoms with Crippen LogP contribution in [0.3, 0.4) is 0 Å². The van der Waals surface area contributed by atoms with Gasteiger partial charge in [-0.05, 0) is 57.0 Å². The van der Waals surface area contributed by atoms with Crippen molar-refractivity contribution >= 4 is 5.69 Å². The van der Waals surface area contributed by atoms with E-state index in [0.717, 1.165) is 37.1 Å². The van der Waals surface area contributed by atoms with Crippen molar-refractivity contribution in [1.82, 2.24) is 4.90 Å². The van der Waals surface area contributed by atoms with E-state index in [2.05, 4.69) is 11.8 Å². The molecule has 0 amide bonds. The molecule has 1 aliphatic rings. The molecule has 0 aromatic heterocycles. The molecule has 3 heteroatoms. The number of hydrogen-bond acceptors (Lipinski definition) is 3. The third-order valence-corrected chi connectivity index (χ3v) is 3.43. The number of anilines is 1. The standard InChI is InChI=1S/C14H22N2O/c1-12-4-2-9-16(12)10-3-11-17-14-7-5-13(15)6-8-14/h5-8,12H,2-4,9-11,15H2,1H3. The van der Waals surface area contributed by atoms with Gasteiger partial charge in [-0.1, -0.05) is 0 Å². The SMILES string of the molecule is CC1CCCN1CCCOc1ccc(N)cc1. The molecule has 1 unspecified atom stereocenters. The van der Waals surface area contributed by atoms with Gasteiger partial charge in [-0.3, -0.25) is 0 Å². The number of hydrogen-bond donors (Lipinski definition) is 1. The first-order chi connectivity index (χ1) is 8.25. The number of ether oxygens (including phenoxy) is 1. The summed E-state index contributed by atoms with van der Waals surface area (Å²) in [5, 5.41) is 0. The summed E-state index contributed by atoms with van der Waals surface area (Å²) < 4.78 is 5.67. The maximum Gasteiger partial charge on any atom is 0.119 e. The number of benzene rings is 1. The van der Waals surface area contributed by atoms with E-state index in [1.807, 2.05) is 24.3 Å². The van der Waals surface area contributed by atoms with Crippen LogP contribution in [0.25, 0.3) is 0 Å². The van der Waals surface area contributed by atoms with Gasteiger partial charge in [-0.25, -0.2) is 0 Å². The zero-order valence-corrected chi connectivity index (χ0v) is 10.6. The highest BCUT2D eigenvalue weighted by Gasteiger charge is 2.18. The van der Waals surface area contributed by atoms with Crippen molar-refractivity contribution < 1.29 is 4.74 Å². The van der Waals surface area contributed by atoms with Crippen LogP contribution in [0.4, 0.5) is 5.69 Å². The van der Waals surface area contributed by atoms with Gasteiger partial charge in [0.15, 0.2) is 0 Å². The Balaban J connectivity index is 1.64. The second-order valence-electron chi connectivity index (χ2n) is 4.80. The van der Waals surface area contributed by atoms with E-state index in [0.29, 0.717) is 0 Å². The predicted octanol–water partition coefficient (Wildman–Crippen LogP) is 2.52. The molecule has 1 fully saturated rings. The molecule has 1 atom stereocenters. The van der Waals surface area contributed by atoms with E-state index < -0.39 is 0 Å². The molecule has 2 N–H and O–H groups in total. The smallest absolute Gasteiger partial charge is 0.119 e. The number of rotatable bonds is 5.